The summed E-state index contributed by atoms with van der Waals surface area (Å²) >= 11 is 14.8. The van der Waals surface area contributed by atoms with E-state index < -0.39 is 5.97 Å². The maximum Gasteiger partial charge on any atom is 0.342 e. The number of carbonyl (C=O) groups is 2. The molecule has 308 valence electrons. The summed E-state index contributed by atoms with van der Waals surface area (Å²) in [7, 11) is 0. The van der Waals surface area contributed by atoms with E-state index >= 15 is 0 Å². The maximum absolute atomic E-state index is 12.6. The van der Waals surface area contributed by atoms with Gasteiger partial charge in [0.25, 0.3) is 5.91 Å². The number of hydrogen-bond donors (Lipinski definition) is 5. The van der Waals surface area contributed by atoms with Gasteiger partial charge in [-0.25, -0.2) is 14.8 Å². The van der Waals surface area contributed by atoms with Crippen molar-refractivity contribution in [2.24, 2.45) is 5.73 Å². The van der Waals surface area contributed by atoms with Crippen LogP contribution in [0.4, 0.5) is 0 Å². The molecule has 0 unspecified atom stereocenters. The number of thioether (sulfide) groups is 2. The van der Waals surface area contributed by atoms with Crippen molar-refractivity contribution in [3.05, 3.63) is 152 Å². The lowest BCUT2D eigenvalue weighted by Gasteiger charge is -2.12. The Morgan fingerprint density at radius 2 is 1.20 bits per heavy atom. The number of pyridine rings is 2. The van der Waals surface area contributed by atoms with Crippen LogP contribution < -0.4 is 20.5 Å². The first-order chi connectivity index (χ1) is 28.6. The Bertz CT molecular complexity index is 2280. The molecule has 0 aliphatic rings. The molecular formula is C40H40Cl2N8O7S2. The number of hydrogen-bond acceptors (Lipinski definition) is 15. The summed E-state index contributed by atoms with van der Waals surface area (Å²) < 4.78 is 11.3. The third-order valence-electron chi connectivity index (χ3n) is 7.72. The zero-order valence-corrected chi connectivity index (χ0v) is 34.9. The van der Waals surface area contributed by atoms with Gasteiger partial charge in [-0.3, -0.25) is 14.8 Å². The summed E-state index contributed by atoms with van der Waals surface area (Å²) in [5.41, 5.74) is 9.87. The van der Waals surface area contributed by atoms with Crippen LogP contribution in [0.1, 0.15) is 54.4 Å². The Labute approximate surface area is 358 Å². The summed E-state index contributed by atoms with van der Waals surface area (Å²) in [5, 5.41) is 32.0. The van der Waals surface area contributed by atoms with E-state index in [0.29, 0.717) is 38.0 Å². The fourth-order valence-electron chi connectivity index (χ4n) is 4.63. The molecule has 6 aromatic rings. The molecule has 6 rings (SSSR count). The van der Waals surface area contributed by atoms with E-state index in [1.807, 2.05) is 42.7 Å². The van der Waals surface area contributed by atoms with E-state index in [9.17, 15) is 14.7 Å². The van der Waals surface area contributed by atoms with Crippen LogP contribution in [0.25, 0.3) is 0 Å². The topological polar surface area (TPSA) is 229 Å². The Balaban J connectivity index is 0.000000225. The van der Waals surface area contributed by atoms with E-state index in [0.717, 1.165) is 22.5 Å². The van der Waals surface area contributed by atoms with E-state index in [4.69, 9.17) is 48.6 Å². The van der Waals surface area contributed by atoms with E-state index in [1.54, 1.807) is 55.0 Å². The first-order valence-corrected chi connectivity index (χ1v) is 20.6. The SMILES string of the molecule is CSc1ncc(C(=O)NCc2ccccn2)c(OCc2ccc(CO)c(Cl)c2)n1.CSc1ncc(C(=O)O)c(OCc2ccc(CO)c(Cl)c2)n1.NCc1ccccn1. The quantitative estimate of drug-likeness (QED) is 0.0554. The summed E-state index contributed by atoms with van der Waals surface area (Å²) in [6.45, 7) is 0.797. The molecule has 4 heterocycles. The van der Waals surface area contributed by atoms with Crippen LogP contribution in [0.3, 0.4) is 0 Å². The molecule has 6 N–H and O–H groups in total. The highest BCUT2D eigenvalue weighted by molar-refractivity contribution is 7.98. The van der Waals surface area contributed by atoms with Crippen molar-refractivity contribution in [3.8, 4) is 11.8 Å². The predicted molar refractivity (Wildman–Crippen MR) is 226 cm³/mol. The molecule has 0 saturated heterocycles. The summed E-state index contributed by atoms with van der Waals surface area (Å²) in [4.78, 5) is 48.4. The number of aromatic carboxylic acids is 1. The van der Waals surface area contributed by atoms with Crippen molar-refractivity contribution in [2.75, 3.05) is 12.5 Å². The zero-order chi connectivity index (χ0) is 42.6. The van der Waals surface area contributed by atoms with Gasteiger partial charge in [0.1, 0.15) is 24.3 Å². The smallest absolute Gasteiger partial charge is 0.342 e. The fraction of sp³-hybridized carbons (Fsp3) is 0.200. The third-order valence-corrected chi connectivity index (χ3v) is 9.55. The highest BCUT2D eigenvalue weighted by Crippen LogP contribution is 2.24. The Morgan fingerprint density at radius 1 is 0.712 bits per heavy atom. The minimum absolute atomic E-state index is 0.00853. The van der Waals surface area contributed by atoms with E-state index in [2.05, 4.69) is 35.2 Å². The van der Waals surface area contributed by atoms with Gasteiger partial charge in [-0.05, 0) is 71.2 Å². The number of aromatic nitrogens is 6. The van der Waals surface area contributed by atoms with Gasteiger partial charge >= 0.3 is 5.97 Å². The van der Waals surface area contributed by atoms with E-state index in [1.165, 1.54) is 35.9 Å². The minimum Gasteiger partial charge on any atom is -0.477 e. The number of carbonyl (C=O) groups excluding carboxylic acids is 1. The number of ether oxygens (including phenoxy) is 2. The Hall–Kier alpha value is -5.40. The van der Waals surface area contributed by atoms with Gasteiger partial charge in [-0.2, -0.15) is 9.97 Å². The second kappa shape index (κ2) is 24.5. The number of benzene rings is 2. The number of halogens is 2. The Kier molecular flexibility index (Phi) is 19.2. The molecule has 0 saturated carbocycles. The van der Waals surface area contributed by atoms with Crippen LogP contribution in [0, 0.1) is 0 Å². The summed E-state index contributed by atoms with van der Waals surface area (Å²) in [6, 6.07) is 21.5. The first kappa shape index (κ1) is 46.3. The molecule has 0 spiro atoms. The molecule has 19 heteroatoms. The second-order valence-electron chi connectivity index (χ2n) is 11.7. The molecule has 0 fully saturated rings. The van der Waals surface area contributed by atoms with Gasteiger partial charge in [-0.15, -0.1) is 0 Å². The van der Waals surface area contributed by atoms with Gasteiger partial charge in [0, 0.05) is 41.4 Å². The minimum atomic E-state index is -1.16. The number of aliphatic hydroxyl groups is 2. The van der Waals surface area contributed by atoms with Crippen molar-refractivity contribution in [2.45, 2.75) is 49.8 Å². The number of amides is 1. The molecule has 0 atom stereocenters. The van der Waals surface area contributed by atoms with Crippen LogP contribution in [-0.4, -0.2) is 69.6 Å². The molecule has 59 heavy (non-hydrogen) atoms. The molecule has 1 amide bonds. The monoisotopic (exact) mass is 878 g/mol. The number of nitrogens with one attached hydrogen (secondary N) is 1. The summed E-state index contributed by atoms with van der Waals surface area (Å²) in [6.07, 6.45) is 9.70. The van der Waals surface area contributed by atoms with E-state index in [-0.39, 0.29) is 61.8 Å². The van der Waals surface area contributed by atoms with Gasteiger partial charge < -0.3 is 35.8 Å². The van der Waals surface area contributed by atoms with Crippen LogP contribution >= 0.6 is 46.7 Å². The number of nitrogens with two attached hydrogens (primary N) is 1. The molecule has 0 radical (unpaired) electrons. The number of carboxylic acid groups (broad SMARTS) is 1. The van der Waals surface area contributed by atoms with Gasteiger partial charge in [-0.1, -0.05) is 83.1 Å². The number of aliphatic hydroxyl groups excluding tert-OH is 2. The molecule has 0 bridgehead atoms. The van der Waals surface area contributed by atoms with Gasteiger partial charge in [0.05, 0.1) is 31.1 Å². The summed E-state index contributed by atoms with van der Waals surface area (Å²) in [5.74, 6) is -1.32. The lowest BCUT2D eigenvalue weighted by Crippen LogP contribution is -2.24. The number of carboxylic acids is 1. The molecule has 0 aliphatic carbocycles. The van der Waals surface area contributed by atoms with Crippen molar-refractivity contribution < 1.29 is 34.4 Å². The highest BCUT2D eigenvalue weighted by Gasteiger charge is 2.18. The predicted octanol–water partition coefficient (Wildman–Crippen LogP) is 6.41. The molecule has 0 aliphatic heterocycles. The standard InChI is InChI=1S/C20H19ClN4O3S.C14H13ClN2O4S.C6H8N2/c1-29-20-24-10-16(18(27)23-9-15-4-2-3-7-22-15)19(25-20)28-12-13-5-6-14(11-26)17(21)8-13;1-22-14-16-5-10(13(19)20)12(17-14)21-7-8-2-3-9(6-18)11(15)4-8;7-5-6-3-1-2-4-8-6/h2-8,10,26H,9,11-12H2,1H3,(H,23,27);2-5,18H,6-7H2,1H3,(H,19,20);1-4H,5,7H2. The van der Waals surface area contributed by atoms with Crippen LogP contribution in [0.15, 0.2) is 108 Å². The molecular weight excluding hydrogens is 840 g/mol. The number of rotatable bonds is 15. The van der Waals surface area contributed by atoms with Crippen LogP contribution in [0.2, 0.25) is 10.0 Å². The zero-order valence-electron chi connectivity index (χ0n) is 31.8. The highest BCUT2D eigenvalue weighted by atomic mass is 35.5. The largest absolute Gasteiger partial charge is 0.477 e. The third kappa shape index (κ3) is 14.7. The van der Waals surface area contributed by atoms with Crippen LogP contribution in [0.5, 0.6) is 11.8 Å². The van der Waals surface area contributed by atoms with Gasteiger partial charge in [0.15, 0.2) is 10.3 Å². The van der Waals surface area contributed by atoms with Crippen molar-refractivity contribution >= 4 is 58.6 Å². The van der Waals surface area contributed by atoms with Crippen LogP contribution in [-0.2, 0) is 39.5 Å². The van der Waals surface area contributed by atoms with Crippen molar-refractivity contribution in [3.63, 3.8) is 0 Å². The normalized spacial score (nSPS) is 10.4. The average molecular weight is 880 g/mol. The fourth-order valence-corrected chi connectivity index (χ4v) is 5.82. The number of nitrogens with zero attached hydrogens (tertiary/aromatic N) is 6. The van der Waals surface area contributed by atoms with Gasteiger partial charge in [0.2, 0.25) is 11.8 Å². The maximum atomic E-state index is 12.6. The second-order valence-corrected chi connectivity index (χ2v) is 14.1. The lowest BCUT2D eigenvalue weighted by molar-refractivity contribution is 0.0689. The molecule has 15 nitrogen and oxygen atoms in total. The molecule has 2 aromatic carbocycles. The Morgan fingerprint density at radius 3 is 1.61 bits per heavy atom. The first-order valence-electron chi connectivity index (χ1n) is 17.4. The van der Waals surface area contributed by atoms with Crippen molar-refractivity contribution in [1.82, 2.24) is 35.2 Å². The average Bonchev–Trinajstić information content (AvgIpc) is 3.27. The van der Waals surface area contributed by atoms with Crippen molar-refractivity contribution in [1.29, 1.82) is 0 Å². The molecule has 4 aromatic heterocycles. The lowest BCUT2D eigenvalue weighted by atomic mass is 10.1.